The van der Waals surface area contributed by atoms with E-state index >= 15 is 0 Å². The SMILES string of the molecule is CCOc1ccc(CN(C)CC(=O)Nc2ccc(N3CCCCC3)cc2)cc1. The first-order chi connectivity index (χ1) is 13.6. The molecule has 1 aliphatic heterocycles. The van der Waals surface area contributed by atoms with Crippen molar-refractivity contribution < 1.29 is 9.53 Å². The lowest BCUT2D eigenvalue weighted by atomic mass is 10.1. The van der Waals surface area contributed by atoms with Crippen LogP contribution in [0.5, 0.6) is 5.75 Å². The van der Waals surface area contributed by atoms with E-state index in [1.165, 1.54) is 24.9 Å². The van der Waals surface area contributed by atoms with Gasteiger partial charge in [-0.2, -0.15) is 0 Å². The molecule has 1 saturated heterocycles. The van der Waals surface area contributed by atoms with E-state index in [1.54, 1.807) is 0 Å². The Kier molecular flexibility index (Phi) is 7.31. The van der Waals surface area contributed by atoms with E-state index in [9.17, 15) is 4.79 Å². The smallest absolute Gasteiger partial charge is 0.238 e. The fraction of sp³-hybridized carbons (Fsp3) is 0.435. The number of carbonyl (C=O) groups excluding carboxylic acids is 1. The minimum Gasteiger partial charge on any atom is -0.494 e. The average molecular weight is 382 g/mol. The summed E-state index contributed by atoms with van der Waals surface area (Å²) in [5.41, 5.74) is 3.25. The van der Waals surface area contributed by atoms with Crippen LogP contribution in [0.25, 0.3) is 0 Å². The van der Waals surface area contributed by atoms with Crippen LogP contribution in [0.4, 0.5) is 11.4 Å². The van der Waals surface area contributed by atoms with Crippen LogP contribution in [0.2, 0.25) is 0 Å². The van der Waals surface area contributed by atoms with Gasteiger partial charge in [-0.25, -0.2) is 0 Å². The molecular weight excluding hydrogens is 350 g/mol. The first kappa shape index (κ1) is 20.2. The molecule has 1 aliphatic rings. The molecule has 0 saturated carbocycles. The highest BCUT2D eigenvalue weighted by Gasteiger charge is 2.11. The molecule has 150 valence electrons. The van der Waals surface area contributed by atoms with E-state index in [1.807, 2.05) is 55.3 Å². The minimum atomic E-state index is -0.000779. The van der Waals surface area contributed by atoms with Gasteiger partial charge in [0.1, 0.15) is 5.75 Å². The molecule has 1 fully saturated rings. The summed E-state index contributed by atoms with van der Waals surface area (Å²) in [6, 6.07) is 16.2. The van der Waals surface area contributed by atoms with Gasteiger partial charge in [-0.05, 0) is 75.2 Å². The molecule has 0 aromatic heterocycles. The second-order valence-corrected chi connectivity index (χ2v) is 7.39. The molecule has 5 nitrogen and oxygen atoms in total. The van der Waals surface area contributed by atoms with Crippen molar-refractivity contribution in [2.45, 2.75) is 32.7 Å². The molecular formula is C23H31N3O2. The van der Waals surface area contributed by atoms with Gasteiger partial charge in [0, 0.05) is 31.0 Å². The molecule has 1 amide bonds. The zero-order valence-electron chi connectivity index (χ0n) is 17.0. The fourth-order valence-corrected chi connectivity index (χ4v) is 3.58. The van der Waals surface area contributed by atoms with Crippen LogP contribution in [-0.4, -0.2) is 44.1 Å². The number of hydrogen-bond acceptors (Lipinski definition) is 4. The van der Waals surface area contributed by atoms with E-state index < -0.39 is 0 Å². The summed E-state index contributed by atoms with van der Waals surface area (Å²) in [5, 5.41) is 3.00. The molecule has 0 bridgehead atoms. The zero-order chi connectivity index (χ0) is 19.8. The van der Waals surface area contributed by atoms with Gasteiger partial charge in [0.05, 0.1) is 13.2 Å². The molecule has 0 spiro atoms. The second-order valence-electron chi connectivity index (χ2n) is 7.39. The molecule has 0 unspecified atom stereocenters. The van der Waals surface area contributed by atoms with Crippen LogP contribution < -0.4 is 15.0 Å². The lowest BCUT2D eigenvalue weighted by Crippen LogP contribution is -2.30. The van der Waals surface area contributed by atoms with Gasteiger partial charge in [0.2, 0.25) is 5.91 Å². The molecule has 0 aliphatic carbocycles. The second kappa shape index (κ2) is 10.1. The van der Waals surface area contributed by atoms with Crippen LogP contribution in [0, 0.1) is 0 Å². The number of nitrogens with zero attached hydrogens (tertiary/aromatic N) is 2. The Balaban J connectivity index is 1.46. The van der Waals surface area contributed by atoms with Gasteiger partial charge < -0.3 is 15.0 Å². The highest BCUT2D eigenvalue weighted by molar-refractivity contribution is 5.92. The Morgan fingerprint density at radius 3 is 2.36 bits per heavy atom. The summed E-state index contributed by atoms with van der Waals surface area (Å²) in [7, 11) is 1.95. The van der Waals surface area contributed by atoms with Gasteiger partial charge in [0.15, 0.2) is 0 Å². The number of piperidine rings is 1. The normalized spacial score (nSPS) is 14.2. The molecule has 28 heavy (non-hydrogen) atoms. The standard InChI is InChI=1S/C23H31N3O2/c1-3-28-22-13-7-19(8-14-22)17-25(2)18-23(27)24-20-9-11-21(12-10-20)26-15-5-4-6-16-26/h7-14H,3-6,15-18H2,1-2H3,(H,24,27). The molecule has 0 atom stereocenters. The number of benzene rings is 2. The monoisotopic (exact) mass is 381 g/mol. The van der Waals surface area contributed by atoms with Crippen LogP contribution in [0.1, 0.15) is 31.7 Å². The van der Waals surface area contributed by atoms with Crippen LogP contribution in [0.15, 0.2) is 48.5 Å². The van der Waals surface area contributed by atoms with Crippen molar-refractivity contribution in [1.82, 2.24) is 4.90 Å². The zero-order valence-corrected chi connectivity index (χ0v) is 17.0. The number of nitrogens with one attached hydrogen (secondary N) is 1. The quantitative estimate of drug-likeness (QED) is 0.746. The van der Waals surface area contributed by atoms with Gasteiger partial charge in [0.25, 0.3) is 0 Å². The summed E-state index contributed by atoms with van der Waals surface area (Å²) in [4.78, 5) is 16.8. The molecule has 5 heteroatoms. The van der Waals surface area contributed by atoms with E-state index in [-0.39, 0.29) is 5.91 Å². The highest BCUT2D eigenvalue weighted by atomic mass is 16.5. The Hall–Kier alpha value is -2.53. The average Bonchev–Trinajstić information content (AvgIpc) is 2.71. The van der Waals surface area contributed by atoms with Crippen molar-refractivity contribution in [1.29, 1.82) is 0 Å². The van der Waals surface area contributed by atoms with Crippen molar-refractivity contribution in [3.8, 4) is 5.75 Å². The molecule has 2 aromatic carbocycles. The first-order valence-electron chi connectivity index (χ1n) is 10.2. The van der Waals surface area contributed by atoms with Gasteiger partial charge in [-0.15, -0.1) is 0 Å². The molecule has 1 heterocycles. The van der Waals surface area contributed by atoms with E-state index in [2.05, 4.69) is 22.3 Å². The maximum atomic E-state index is 12.4. The number of likely N-dealkylation sites (N-methyl/N-ethyl adjacent to an activating group) is 1. The summed E-state index contributed by atoms with van der Waals surface area (Å²) < 4.78 is 5.46. The molecule has 0 radical (unpaired) electrons. The van der Waals surface area contributed by atoms with Crippen molar-refractivity contribution >= 4 is 17.3 Å². The summed E-state index contributed by atoms with van der Waals surface area (Å²) in [6.45, 7) is 5.96. The minimum absolute atomic E-state index is 0.000779. The third kappa shape index (κ3) is 5.99. The molecule has 1 N–H and O–H groups in total. The number of anilines is 2. The highest BCUT2D eigenvalue weighted by Crippen LogP contribution is 2.21. The van der Waals surface area contributed by atoms with Crippen molar-refractivity contribution in [2.24, 2.45) is 0 Å². The van der Waals surface area contributed by atoms with Crippen molar-refractivity contribution in [3.05, 3.63) is 54.1 Å². The summed E-state index contributed by atoms with van der Waals surface area (Å²) >= 11 is 0. The van der Waals surface area contributed by atoms with Crippen LogP contribution >= 0.6 is 0 Å². The third-order valence-corrected chi connectivity index (χ3v) is 4.97. The predicted molar refractivity (Wildman–Crippen MR) is 115 cm³/mol. The number of amides is 1. The Morgan fingerprint density at radius 1 is 1.04 bits per heavy atom. The van der Waals surface area contributed by atoms with Gasteiger partial charge >= 0.3 is 0 Å². The van der Waals surface area contributed by atoms with Crippen molar-refractivity contribution in [2.75, 3.05) is 43.5 Å². The Morgan fingerprint density at radius 2 is 1.71 bits per heavy atom. The summed E-state index contributed by atoms with van der Waals surface area (Å²) in [6.07, 6.45) is 3.85. The van der Waals surface area contributed by atoms with E-state index in [4.69, 9.17) is 4.74 Å². The van der Waals surface area contributed by atoms with Crippen LogP contribution in [-0.2, 0) is 11.3 Å². The van der Waals surface area contributed by atoms with Gasteiger partial charge in [-0.3, -0.25) is 9.69 Å². The Labute approximate surface area is 168 Å². The van der Waals surface area contributed by atoms with E-state index in [0.717, 1.165) is 30.1 Å². The lowest BCUT2D eigenvalue weighted by molar-refractivity contribution is -0.117. The topological polar surface area (TPSA) is 44.8 Å². The third-order valence-electron chi connectivity index (χ3n) is 4.97. The summed E-state index contributed by atoms with van der Waals surface area (Å²) in [5.74, 6) is 0.874. The fourth-order valence-electron chi connectivity index (χ4n) is 3.58. The number of ether oxygens (including phenoxy) is 1. The number of rotatable bonds is 8. The van der Waals surface area contributed by atoms with Crippen molar-refractivity contribution in [3.63, 3.8) is 0 Å². The van der Waals surface area contributed by atoms with Crippen LogP contribution in [0.3, 0.4) is 0 Å². The number of carbonyl (C=O) groups is 1. The maximum absolute atomic E-state index is 12.4. The first-order valence-corrected chi connectivity index (χ1v) is 10.2. The predicted octanol–water partition coefficient (Wildman–Crippen LogP) is 4.15. The molecule has 3 rings (SSSR count). The number of hydrogen-bond donors (Lipinski definition) is 1. The largest absolute Gasteiger partial charge is 0.494 e. The Bertz CT molecular complexity index is 737. The lowest BCUT2D eigenvalue weighted by Gasteiger charge is -2.28. The maximum Gasteiger partial charge on any atom is 0.238 e. The van der Waals surface area contributed by atoms with Gasteiger partial charge in [-0.1, -0.05) is 12.1 Å². The molecule has 2 aromatic rings. The van der Waals surface area contributed by atoms with E-state index in [0.29, 0.717) is 19.7 Å².